The Labute approximate surface area is 128 Å². The molecule has 108 valence electrons. The fourth-order valence-corrected chi connectivity index (χ4v) is 4.06. The van der Waals surface area contributed by atoms with E-state index in [9.17, 15) is 0 Å². The van der Waals surface area contributed by atoms with Crippen molar-refractivity contribution in [3.8, 4) is 0 Å². The number of hydrogen-bond acceptors (Lipinski definition) is 2. The number of nitrogens with zero attached hydrogens (tertiary/aromatic N) is 1. The first-order valence-corrected chi connectivity index (χ1v) is 8.26. The molecular weight excluding hydrogens is 314 g/mol. The number of nitrogens with one attached hydrogen (secondary N) is 1. The maximum atomic E-state index is 6.09. The fourth-order valence-electron chi connectivity index (χ4n) is 3.49. The van der Waals surface area contributed by atoms with Crippen LogP contribution >= 0.6 is 15.9 Å². The van der Waals surface area contributed by atoms with Crippen molar-refractivity contribution in [2.75, 3.05) is 6.54 Å². The van der Waals surface area contributed by atoms with Crippen LogP contribution in [0.25, 0.3) is 11.0 Å². The summed E-state index contributed by atoms with van der Waals surface area (Å²) in [7, 11) is 0. The number of aryl methyl sites for hydroxylation is 1. The Bertz CT molecular complexity index is 611. The van der Waals surface area contributed by atoms with E-state index in [2.05, 4.69) is 40.0 Å². The summed E-state index contributed by atoms with van der Waals surface area (Å²) in [6.07, 6.45) is 7.43. The second-order valence-corrected chi connectivity index (χ2v) is 7.16. The molecule has 0 aliphatic heterocycles. The molecule has 1 aliphatic rings. The van der Waals surface area contributed by atoms with E-state index in [1.54, 1.807) is 0 Å². The predicted molar refractivity (Wildman–Crippen MR) is 86.8 cm³/mol. The number of hydrogen-bond donors (Lipinski definition) is 2. The number of aromatic nitrogens is 2. The van der Waals surface area contributed by atoms with Gasteiger partial charge < -0.3 is 10.7 Å². The van der Waals surface area contributed by atoms with Gasteiger partial charge in [-0.1, -0.05) is 35.2 Å². The second-order valence-electron chi connectivity index (χ2n) is 6.24. The zero-order valence-corrected chi connectivity index (χ0v) is 13.6. The SMILES string of the molecule is Cc1cc(Br)cc2[nH]c(CC3(CN)CCCCC3)nc12. The molecule has 0 radical (unpaired) electrons. The topological polar surface area (TPSA) is 54.7 Å². The highest BCUT2D eigenvalue weighted by molar-refractivity contribution is 9.10. The summed E-state index contributed by atoms with van der Waals surface area (Å²) >= 11 is 3.55. The van der Waals surface area contributed by atoms with Crippen LogP contribution in [0.15, 0.2) is 16.6 Å². The first kappa shape index (κ1) is 14.1. The van der Waals surface area contributed by atoms with Crippen molar-refractivity contribution < 1.29 is 0 Å². The average Bonchev–Trinajstić information content (AvgIpc) is 2.82. The van der Waals surface area contributed by atoms with E-state index in [1.807, 2.05) is 0 Å². The van der Waals surface area contributed by atoms with Crippen molar-refractivity contribution >= 4 is 27.0 Å². The maximum absolute atomic E-state index is 6.09. The van der Waals surface area contributed by atoms with Crippen LogP contribution in [0.2, 0.25) is 0 Å². The maximum Gasteiger partial charge on any atom is 0.107 e. The molecule has 0 bridgehead atoms. The lowest BCUT2D eigenvalue weighted by atomic mass is 9.72. The molecule has 1 saturated carbocycles. The number of fused-ring (bicyclic) bond motifs is 1. The first-order valence-electron chi connectivity index (χ1n) is 7.47. The van der Waals surface area contributed by atoms with Crippen LogP contribution in [-0.2, 0) is 6.42 Å². The third-order valence-corrected chi connectivity index (χ3v) is 5.14. The molecule has 2 aromatic rings. The number of rotatable bonds is 3. The lowest BCUT2D eigenvalue weighted by molar-refractivity contribution is 0.194. The van der Waals surface area contributed by atoms with Crippen LogP contribution in [0.5, 0.6) is 0 Å². The van der Waals surface area contributed by atoms with Crippen LogP contribution in [0.1, 0.15) is 43.5 Å². The standard InChI is InChI=1S/C16H22BrN3/c1-11-7-12(17)8-13-15(11)20-14(19-13)9-16(10-18)5-3-2-4-6-16/h7-8H,2-6,9-10,18H2,1H3,(H,19,20). The lowest BCUT2D eigenvalue weighted by Gasteiger charge is -2.35. The molecule has 0 amide bonds. The Balaban J connectivity index is 1.92. The monoisotopic (exact) mass is 335 g/mol. The van der Waals surface area contributed by atoms with Crippen LogP contribution in [-0.4, -0.2) is 16.5 Å². The Hall–Kier alpha value is -0.870. The largest absolute Gasteiger partial charge is 0.342 e. The van der Waals surface area contributed by atoms with Gasteiger partial charge in [-0.25, -0.2) is 4.98 Å². The minimum Gasteiger partial charge on any atom is -0.342 e. The van der Waals surface area contributed by atoms with Crippen molar-refractivity contribution in [1.29, 1.82) is 0 Å². The average molecular weight is 336 g/mol. The van der Waals surface area contributed by atoms with Gasteiger partial charge in [-0.2, -0.15) is 0 Å². The zero-order chi connectivity index (χ0) is 14.2. The molecule has 0 saturated heterocycles. The van der Waals surface area contributed by atoms with Crippen LogP contribution in [0, 0.1) is 12.3 Å². The molecule has 3 rings (SSSR count). The van der Waals surface area contributed by atoms with Gasteiger partial charge in [0.1, 0.15) is 5.82 Å². The van der Waals surface area contributed by atoms with Crippen molar-refractivity contribution in [2.45, 2.75) is 45.4 Å². The summed E-state index contributed by atoms with van der Waals surface area (Å²) in [5.74, 6) is 1.09. The minimum atomic E-state index is 0.261. The van der Waals surface area contributed by atoms with Crippen LogP contribution in [0.4, 0.5) is 0 Å². The van der Waals surface area contributed by atoms with Crippen molar-refractivity contribution in [3.63, 3.8) is 0 Å². The van der Waals surface area contributed by atoms with Gasteiger partial charge in [0.2, 0.25) is 0 Å². The van der Waals surface area contributed by atoms with E-state index in [-0.39, 0.29) is 5.41 Å². The van der Waals surface area contributed by atoms with Gasteiger partial charge in [-0.15, -0.1) is 0 Å². The van der Waals surface area contributed by atoms with Crippen LogP contribution < -0.4 is 5.73 Å². The van der Waals surface area contributed by atoms with Crippen molar-refractivity contribution in [1.82, 2.24) is 9.97 Å². The summed E-state index contributed by atoms with van der Waals surface area (Å²) in [5, 5.41) is 0. The number of aromatic amines is 1. The zero-order valence-electron chi connectivity index (χ0n) is 12.0. The minimum absolute atomic E-state index is 0.261. The Kier molecular flexibility index (Phi) is 3.87. The summed E-state index contributed by atoms with van der Waals surface area (Å²) in [6.45, 7) is 2.88. The lowest BCUT2D eigenvalue weighted by Crippen LogP contribution is -2.35. The third kappa shape index (κ3) is 2.63. The molecule has 1 aromatic carbocycles. The van der Waals surface area contributed by atoms with E-state index in [0.29, 0.717) is 0 Å². The molecule has 3 nitrogen and oxygen atoms in total. The summed E-state index contributed by atoms with van der Waals surface area (Å²) in [5.41, 5.74) is 9.77. The summed E-state index contributed by atoms with van der Waals surface area (Å²) in [6, 6.07) is 4.22. The van der Waals surface area contributed by atoms with Crippen molar-refractivity contribution in [2.24, 2.45) is 11.1 Å². The Morgan fingerprint density at radius 2 is 2.05 bits per heavy atom. The molecule has 0 spiro atoms. The van der Waals surface area contributed by atoms with Gasteiger partial charge in [0.05, 0.1) is 11.0 Å². The normalized spacial score (nSPS) is 18.6. The first-order chi connectivity index (χ1) is 9.62. The summed E-state index contributed by atoms with van der Waals surface area (Å²) < 4.78 is 1.10. The molecule has 0 atom stereocenters. The molecule has 1 aromatic heterocycles. The van der Waals surface area contributed by atoms with Gasteiger partial charge in [0.25, 0.3) is 0 Å². The molecule has 20 heavy (non-hydrogen) atoms. The quantitative estimate of drug-likeness (QED) is 0.887. The van der Waals surface area contributed by atoms with E-state index in [0.717, 1.165) is 34.3 Å². The highest BCUT2D eigenvalue weighted by Crippen LogP contribution is 2.38. The molecule has 1 heterocycles. The van der Waals surface area contributed by atoms with Gasteiger partial charge in [-0.3, -0.25) is 0 Å². The van der Waals surface area contributed by atoms with E-state index < -0.39 is 0 Å². The van der Waals surface area contributed by atoms with E-state index in [1.165, 1.54) is 37.7 Å². The fraction of sp³-hybridized carbons (Fsp3) is 0.562. The molecule has 3 N–H and O–H groups in total. The third-order valence-electron chi connectivity index (χ3n) is 4.68. The van der Waals surface area contributed by atoms with E-state index >= 15 is 0 Å². The number of halogens is 1. The molecule has 1 fully saturated rings. The molecular formula is C16H22BrN3. The Morgan fingerprint density at radius 3 is 2.75 bits per heavy atom. The summed E-state index contributed by atoms with van der Waals surface area (Å²) in [4.78, 5) is 8.30. The Morgan fingerprint density at radius 1 is 1.30 bits per heavy atom. The molecule has 0 unspecified atom stereocenters. The van der Waals surface area contributed by atoms with E-state index in [4.69, 9.17) is 10.7 Å². The molecule has 4 heteroatoms. The van der Waals surface area contributed by atoms with Crippen molar-refractivity contribution in [3.05, 3.63) is 28.0 Å². The van der Waals surface area contributed by atoms with Gasteiger partial charge in [0, 0.05) is 10.9 Å². The molecule has 1 aliphatic carbocycles. The highest BCUT2D eigenvalue weighted by Gasteiger charge is 2.31. The number of nitrogens with two attached hydrogens (primary N) is 1. The number of H-pyrrole nitrogens is 1. The number of benzene rings is 1. The predicted octanol–water partition coefficient (Wildman–Crippen LogP) is 4.09. The number of imidazole rings is 1. The van der Waals surface area contributed by atoms with Gasteiger partial charge >= 0.3 is 0 Å². The van der Waals surface area contributed by atoms with Gasteiger partial charge in [-0.05, 0) is 49.4 Å². The van der Waals surface area contributed by atoms with Crippen LogP contribution in [0.3, 0.4) is 0 Å². The smallest absolute Gasteiger partial charge is 0.107 e. The second kappa shape index (κ2) is 5.49. The highest BCUT2D eigenvalue weighted by atomic mass is 79.9. The van der Waals surface area contributed by atoms with Gasteiger partial charge in [0.15, 0.2) is 0 Å².